The summed E-state index contributed by atoms with van der Waals surface area (Å²) in [7, 11) is 1.59. The molecular formula is C24H20FNO3. The highest BCUT2D eigenvalue weighted by Gasteiger charge is 2.40. The summed E-state index contributed by atoms with van der Waals surface area (Å²) in [6.45, 7) is 0.276. The number of amides is 1. The zero-order valence-corrected chi connectivity index (χ0v) is 15.9. The third-order valence-corrected chi connectivity index (χ3v) is 5.06. The van der Waals surface area contributed by atoms with Crippen LogP contribution in [0.25, 0.3) is 5.57 Å². The number of halogens is 1. The first-order valence-corrected chi connectivity index (χ1v) is 9.26. The summed E-state index contributed by atoms with van der Waals surface area (Å²) >= 11 is 0. The van der Waals surface area contributed by atoms with Gasteiger partial charge in [0.15, 0.2) is 5.76 Å². The van der Waals surface area contributed by atoms with Crippen LogP contribution < -0.4 is 4.74 Å². The maximum absolute atomic E-state index is 13.5. The van der Waals surface area contributed by atoms with Crippen molar-refractivity contribution in [1.29, 1.82) is 0 Å². The van der Waals surface area contributed by atoms with Gasteiger partial charge < -0.3 is 14.7 Å². The minimum atomic E-state index is -0.531. The number of aliphatic hydroxyl groups excluding tert-OH is 1. The summed E-state index contributed by atoms with van der Waals surface area (Å²) in [5.74, 6) is -0.408. The molecule has 0 spiro atoms. The molecule has 0 aliphatic carbocycles. The van der Waals surface area contributed by atoms with Gasteiger partial charge in [-0.1, -0.05) is 54.6 Å². The fourth-order valence-corrected chi connectivity index (χ4v) is 3.69. The molecule has 0 saturated carbocycles. The molecule has 29 heavy (non-hydrogen) atoms. The van der Waals surface area contributed by atoms with Gasteiger partial charge in [0, 0.05) is 12.1 Å². The first-order chi connectivity index (χ1) is 14.1. The number of carbonyl (C=O) groups excluding carboxylic acids is 1. The summed E-state index contributed by atoms with van der Waals surface area (Å²) in [5.41, 5.74) is 2.86. The largest absolute Gasteiger partial charge is 0.503 e. The number of benzene rings is 3. The van der Waals surface area contributed by atoms with Gasteiger partial charge in [0.2, 0.25) is 0 Å². The Labute approximate surface area is 168 Å². The van der Waals surface area contributed by atoms with Crippen molar-refractivity contribution >= 4 is 11.5 Å². The van der Waals surface area contributed by atoms with E-state index in [9.17, 15) is 14.3 Å². The van der Waals surface area contributed by atoms with E-state index in [2.05, 4.69) is 0 Å². The Balaban J connectivity index is 1.79. The lowest BCUT2D eigenvalue weighted by Gasteiger charge is -2.27. The molecule has 1 unspecified atom stereocenters. The molecule has 0 radical (unpaired) electrons. The fourth-order valence-electron chi connectivity index (χ4n) is 3.69. The van der Waals surface area contributed by atoms with Gasteiger partial charge in [0.1, 0.15) is 11.6 Å². The summed E-state index contributed by atoms with van der Waals surface area (Å²) in [6.07, 6.45) is 0. The van der Waals surface area contributed by atoms with Crippen molar-refractivity contribution in [2.45, 2.75) is 12.6 Å². The number of carbonyl (C=O) groups is 1. The molecule has 0 saturated heterocycles. The number of ether oxygens (including phenoxy) is 1. The average molecular weight is 389 g/mol. The summed E-state index contributed by atoms with van der Waals surface area (Å²) < 4.78 is 18.8. The van der Waals surface area contributed by atoms with Gasteiger partial charge in [0.25, 0.3) is 5.91 Å². The molecule has 1 atom stereocenters. The van der Waals surface area contributed by atoms with Crippen molar-refractivity contribution in [2.24, 2.45) is 0 Å². The van der Waals surface area contributed by atoms with E-state index < -0.39 is 11.9 Å². The minimum Gasteiger partial charge on any atom is -0.503 e. The second kappa shape index (κ2) is 7.80. The van der Waals surface area contributed by atoms with Crippen LogP contribution in [0.2, 0.25) is 0 Å². The van der Waals surface area contributed by atoms with Gasteiger partial charge in [0.05, 0.1) is 13.2 Å². The van der Waals surface area contributed by atoms with E-state index >= 15 is 0 Å². The van der Waals surface area contributed by atoms with Gasteiger partial charge in [-0.25, -0.2) is 4.39 Å². The third-order valence-electron chi connectivity index (χ3n) is 5.06. The zero-order chi connectivity index (χ0) is 20.4. The minimum absolute atomic E-state index is 0.276. The van der Waals surface area contributed by atoms with Crippen LogP contribution in [0.15, 0.2) is 84.6 Å². The maximum atomic E-state index is 13.5. The Morgan fingerprint density at radius 2 is 1.72 bits per heavy atom. The Morgan fingerprint density at radius 3 is 2.41 bits per heavy atom. The molecule has 1 aliphatic rings. The zero-order valence-electron chi connectivity index (χ0n) is 15.9. The van der Waals surface area contributed by atoms with Crippen LogP contribution >= 0.6 is 0 Å². The van der Waals surface area contributed by atoms with Crippen LogP contribution in [-0.2, 0) is 11.3 Å². The van der Waals surface area contributed by atoms with Gasteiger partial charge in [-0.3, -0.25) is 4.79 Å². The van der Waals surface area contributed by atoms with Crippen molar-refractivity contribution in [3.63, 3.8) is 0 Å². The molecule has 3 aromatic rings. The predicted octanol–water partition coefficient (Wildman–Crippen LogP) is 4.89. The molecule has 5 heteroatoms. The molecule has 4 nitrogen and oxygen atoms in total. The number of hydrogen-bond donors (Lipinski definition) is 1. The van der Waals surface area contributed by atoms with Crippen molar-refractivity contribution in [2.75, 3.05) is 7.11 Å². The second-order valence-electron chi connectivity index (χ2n) is 6.87. The highest BCUT2D eigenvalue weighted by atomic mass is 19.1. The van der Waals surface area contributed by atoms with Gasteiger partial charge in [-0.05, 0) is 41.0 Å². The smallest absolute Gasteiger partial charge is 0.290 e. The molecule has 1 aliphatic heterocycles. The van der Waals surface area contributed by atoms with Gasteiger partial charge in [-0.2, -0.15) is 0 Å². The first-order valence-electron chi connectivity index (χ1n) is 9.26. The number of rotatable bonds is 5. The number of aliphatic hydroxyl groups is 1. The Bertz CT molecular complexity index is 1060. The highest BCUT2D eigenvalue weighted by Crippen LogP contribution is 2.43. The van der Waals surface area contributed by atoms with Crippen molar-refractivity contribution < 1.29 is 19.0 Å². The van der Waals surface area contributed by atoms with Crippen molar-refractivity contribution in [3.05, 3.63) is 107 Å². The molecule has 1 N–H and O–H groups in total. The highest BCUT2D eigenvalue weighted by molar-refractivity contribution is 6.05. The molecule has 146 valence electrons. The quantitative estimate of drug-likeness (QED) is 0.676. The maximum Gasteiger partial charge on any atom is 0.290 e. The number of hydrogen-bond acceptors (Lipinski definition) is 3. The predicted molar refractivity (Wildman–Crippen MR) is 109 cm³/mol. The van der Waals surface area contributed by atoms with Gasteiger partial charge >= 0.3 is 0 Å². The molecule has 4 rings (SSSR count). The van der Waals surface area contributed by atoms with E-state index in [0.29, 0.717) is 11.3 Å². The number of methoxy groups -OCH3 is 1. The fraction of sp³-hybridized carbons (Fsp3) is 0.125. The van der Waals surface area contributed by atoms with E-state index in [0.717, 1.165) is 16.7 Å². The van der Waals surface area contributed by atoms with Crippen LogP contribution in [-0.4, -0.2) is 23.0 Å². The van der Waals surface area contributed by atoms with Gasteiger partial charge in [-0.15, -0.1) is 0 Å². The van der Waals surface area contributed by atoms with Crippen LogP contribution in [0, 0.1) is 5.82 Å². The Morgan fingerprint density at radius 1 is 1.00 bits per heavy atom. The molecule has 0 fully saturated rings. The SMILES string of the molecule is COc1cccc(CN2C(=O)C(O)=C(c3ccccc3)C2c2ccc(F)cc2)c1. The lowest BCUT2D eigenvalue weighted by Crippen LogP contribution is -2.29. The summed E-state index contributed by atoms with van der Waals surface area (Å²) in [6, 6.07) is 22.2. The van der Waals surface area contributed by atoms with Crippen LogP contribution in [0.4, 0.5) is 4.39 Å². The normalized spacial score (nSPS) is 16.4. The second-order valence-corrected chi connectivity index (χ2v) is 6.87. The molecular weight excluding hydrogens is 369 g/mol. The lowest BCUT2D eigenvalue weighted by atomic mass is 9.93. The first kappa shape index (κ1) is 18.7. The Kier molecular flexibility index (Phi) is 5.04. The van der Waals surface area contributed by atoms with Crippen molar-refractivity contribution in [3.8, 4) is 5.75 Å². The summed E-state index contributed by atoms with van der Waals surface area (Å²) in [4.78, 5) is 14.6. The van der Waals surface area contributed by atoms with E-state index in [-0.39, 0.29) is 18.1 Å². The molecule has 0 bridgehead atoms. The topological polar surface area (TPSA) is 49.8 Å². The van der Waals surface area contributed by atoms with Crippen LogP contribution in [0.1, 0.15) is 22.7 Å². The number of nitrogens with zero attached hydrogens (tertiary/aromatic N) is 1. The van der Waals surface area contributed by atoms with E-state index in [1.807, 2.05) is 54.6 Å². The van der Waals surface area contributed by atoms with Crippen LogP contribution in [0.3, 0.4) is 0 Å². The molecule has 1 heterocycles. The molecule has 1 amide bonds. The van der Waals surface area contributed by atoms with Crippen LogP contribution in [0.5, 0.6) is 5.75 Å². The monoisotopic (exact) mass is 389 g/mol. The Hall–Kier alpha value is -3.60. The van der Waals surface area contributed by atoms with E-state index in [4.69, 9.17) is 4.74 Å². The molecule has 0 aromatic heterocycles. The van der Waals surface area contributed by atoms with Crippen molar-refractivity contribution in [1.82, 2.24) is 4.90 Å². The molecule has 3 aromatic carbocycles. The summed E-state index contributed by atoms with van der Waals surface area (Å²) in [5, 5.41) is 10.7. The van der Waals surface area contributed by atoms with E-state index in [1.165, 1.54) is 12.1 Å². The average Bonchev–Trinajstić information content (AvgIpc) is 3.00. The van der Waals surface area contributed by atoms with E-state index in [1.54, 1.807) is 24.1 Å². The standard InChI is InChI=1S/C24H20FNO3/c1-29-20-9-5-6-16(14-20)15-26-22(18-10-12-19(25)13-11-18)21(23(27)24(26)28)17-7-3-2-4-8-17/h2-14,22,27H,15H2,1H3. The lowest BCUT2D eigenvalue weighted by molar-refractivity contribution is -0.130. The third kappa shape index (κ3) is 3.59.